The number of aromatic nitrogens is 3. The molecule has 3 rings (SSSR count). The van der Waals surface area contributed by atoms with Crippen molar-refractivity contribution in [1.29, 1.82) is 0 Å². The Morgan fingerprint density at radius 3 is 2.80 bits per heavy atom. The molecule has 0 aliphatic carbocycles. The van der Waals surface area contributed by atoms with Crippen LogP contribution in [0.4, 0.5) is 5.82 Å². The molecule has 0 bridgehead atoms. The number of nitrogens with two attached hydrogens (primary N) is 1. The van der Waals surface area contributed by atoms with Gasteiger partial charge in [-0.1, -0.05) is 37.6 Å². The van der Waals surface area contributed by atoms with E-state index in [0.29, 0.717) is 0 Å². The van der Waals surface area contributed by atoms with Crippen LogP contribution in [-0.2, 0) is 13.5 Å². The van der Waals surface area contributed by atoms with Crippen molar-refractivity contribution in [1.82, 2.24) is 14.8 Å². The van der Waals surface area contributed by atoms with Gasteiger partial charge in [0.25, 0.3) is 0 Å². The molecule has 0 amide bonds. The van der Waals surface area contributed by atoms with Crippen molar-refractivity contribution in [2.75, 3.05) is 5.73 Å². The Morgan fingerprint density at radius 1 is 1.20 bits per heavy atom. The second-order valence-corrected chi connectivity index (χ2v) is 4.97. The fourth-order valence-electron chi connectivity index (χ4n) is 2.59. The predicted octanol–water partition coefficient (Wildman–Crippen LogP) is 3.17. The molecule has 0 saturated heterocycles. The summed E-state index contributed by atoms with van der Waals surface area (Å²) in [5, 5.41) is 5.72. The molecule has 0 atom stereocenters. The van der Waals surface area contributed by atoms with E-state index in [9.17, 15) is 0 Å². The van der Waals surface area contributed by atoms with Crippen LogP contribution in [0.3, 0.4) is 0 Å². The minimum Gasteiger partial charge on any atom is -0.384 e. The Bertz CT molecular complexity index is 753. The number of pyridine rings is 1. The van der Waals surface area contributed by atoms with Crippen LogP contribution in [0, 0.1) is 0 Å². The van der Waals surface area contributed by atoms with E-state index in [0.717, 1.165) is 46.4 Å². The predicted molar refractivity (Wildman–Crippen MR) is 82.4 cm³/mol. The van der Waals surface area contributed by atoms with Gasteiger partial charge in [-0.05, 0) is 12.5 Å². The summed E-state index contributed by atoms with van der Waals surface area (Å²) in [7, 11) is 1.89. The molecular formula is C16H18N4. The quantitative estimate of drug-likeness (QED) is 0.792. The summed E-state index contributed by atoms with van der Waals surface area (Å²) in [6.45, 7) is 2.15. The lowest BCUT2D eigenvalue weighted by atomic mass is 10.0. The largest absolute Gasteiger partial charge is 0.384 e. The molecule has 2 N–H and O–H groups in total. The third-order valence-corrected chi connectivity index (χ3v) is 3.58. The normalized spacial score (nSPS) is 11.1. The molecule has 0 saturated carbocycles. The van der Waals surface area contributed by atoms with Crippen molar-refractivity contribution in [2.24, 2.45) is 7.05 Å². The molecule has 2 aromatic heterocycles. The summed E-state index contributed by atoms with van der Waals surface area (Å²) < 4.78 is 1.75. The van der Waals surface area contributed by atoms with Crippen LogP contribution in [0.15, 0.2) is 36.5 Å². The summed E-state index contributed by atoms with van der Waals surface area (Å²) in [4.78, 5) is 4.51. The monoisotopic (exact) mass is 266 g/mol. The highest BCUT2D eigenvalue weighted by Gasteiger charge is 2.16. The van der Waals surface area contributed by atoms with E-state index >= 15 is 0 Å². The zero-order valence-corrected chi connectivity index (χ0v) is 11.8. The van der Waals surface area contributed by atoms with Gasteiger partial charge >= 0.3 is 0 Å². The second kappa shape index (κ2) is 4.96. The van der Waals surface area contributed by atoms with Crippen molar-refractivity contribution in [3.8, 4) is 11.3 Å². The highest BCUT2D eigenvalue weighted by molar-refractivity contribution is 5.93. The van der Waals surface area contributed by atoms with E-state index in [-0.39, 0.29) is 0 Å². The first kappa shape index (κ1) is 12.7. The average Bonchev–Trinajstić information content (AvgIpc) is 2.75. The first-order valence-corrected chi connectivity index (χ1v) is 6.87. The van der Waals surface area contributed by atoms with E-state index in [1.54, 1.807) is 4.68 Å². The van der Waals surface area contributed by atoms with Crippen LogP contribution in [0.2, 0.25) is 0 Å². The summed E-state index contributed by atoms with van der Waals surface area (Å²) in [6.07, 6.45) is 3.79. The summed E-state index contributed by atoms with van der Waals surface area (Å²) in [5.74, 6) is 0.745. The van der Waals surface area contributed by atoms with Gasteiger partial charge in [0.05, 0.1) is 11.2 Å². The lowest BCUT2D eigenvalue weighted by Crippen LogP contribution is -1.99. The Hall–Kier alpha value is -2.36. The Balaban J connectivity index is 2.28. The molecular weight excluding hydrogens is 248 g/mol. The van der Waals surface area contributed by atoms with Gasteiger partial charge in [-0.3, -0.25) is 9.67 Å². The minimum absolute atomic E-state index is 0.745. The van der Waals surface area contributed by atoms with Crippen molar-refractivity contribution in [3.63, 3.8) is 0 Å². The Kier molecular flexibility index (Phi) is 3.14. The molecule has 0 aliphatic rings. The number of aryl methyl sites for hydroxylation is 1. The standard InChI is InChI=1S/C16H18N4/c1-3-6-13-15(19-20(2)16(13)17)12-9-4-7-11-8-5-10-18-14(11)12/h4-5,7-10H,3,6,17H2,1-2H3. The topological polar surface area (TPSA) is 56.7 Å². The number of nitrogens with zero attached hydrogens (tertiary/aromatic N) is 3. The highest BCUT2D eigenvalue weighted by atomic mass is 15.3. The number of nitrogen functional groups attached to an aromatic ring is 1. The number of rotatable bonds is 3. The molecule has 20 heavy (non-hydrogen) atoms. The molecule has 0 unspecified atom stereocenters. The number of hydrogen-bond donors (Lipinski definition) is 1. The van der Waals surface area contributed by atoms with Gasteiger partial charge in [-0.25, -0.2) is 0 Å². The van der Waals surface area contributed by atoms with E-state index in [1.807, 2.05) is 25.4 Å². The fraction of sp³-hybridized carbons (Fsp3) is 0.250. The maximum absolute atomic E-state index is 6.15. The molecule has 0 radical (unpaired) electrons. The highest BCUT2D eigenvalue weighted by Crippen LogP contribution is 2.32. The third-order valence-electron chi connectivity index (χ3n) is 3.58. The van der Waals surface area contributed by atoms with Crippen LogP contribution in [0.5, 0.6) is 0 Å². The molecule has 0 fully saturated rings. The first-order chi connectivity index (χ1) is 9.72. The van der Waals surface area contributed by atoms with Crippen molar-refractivity contribution in [2.45, 2.75) is 19.8 Å². The van der Waals surface area contributed by atoms with Gasteiger partial charge in [-0.15, -0.1) is 0 Å². The minimum atomic E-state index is 0.745. The van der Waals surface area contributed by atoms with E-state index in [2.05, 4.69) is 35.2 Å². The second-order valence-electron chi connectivity index (χ2n) is 4.97. The van der Waals surface area contributed by atoms with Crippen molar-refractivity contribution in [3.05, 3.63) is 42.1 Å². The molecule has 4 nitrogen and oxygen atoms in total. The molecule has 102 valence electrons. The van der Waals surface area contributed by atoms with Gasteiger partial charge in [0.15, 0.2) is 0 Å². The van der Waals surface area contributed by atoms with Crippen LogP contribution in [-0.4, -0.2) is 14.8 Å². The van der Waals surface area contributed by atoms with Gasteiger partial charge in [0.1, 0.15) is 5.82 Å². The maximum atomic E-state index is 6.15. The average molecular weight is 266 g/mol. The summed E-state index contributed by atoms with van der Waals surface area (Å²) in [6, 6.07) is 10.2. The third kappa shape index (κ3) is 1.93. The molecule has 3 aromatic rings. The lowest BCUT2D eigenvalue weighted by Gasteiger charge is -2.05. The van der Waals surface area contributed by atoms with Crippen LogP contribution >= 0.6 is 0 Å². The van der Waals surface area contributed by atoms with Crippen LogP contribution in [0.1, 0.15) is 18.9 Å². The first-order valence-electron chi connectivity index (χ1n) is 6.87. The number of benzene rings is 1. The van der Waals surface area contributed by atoms with Gasteiger partial charge < -0.3 is 5.73 Å². The van der Waals surface area contributed by atoms with Gasteiger partial charge in [0, 0.05) is 29.8 Å². The Morgan fingerprint density at radius 2 is 2.00 bits per heavy atom. The SMILES string of the molecule is CCCc1c(-c2cccc3cccnc23)nn(C)c1N. The lowest BCUT2D eigenvalue weighted by molar-refractivity contribution is 0.781. The van der Waals surface area contributed by atoms with E-state index in [1.165, 1.54) is 0 Å². The zero-order valence-electron chi connectivity index (χ0n) is 11.8. The van der Waals surface area contributed by atoms with E-state index < -0.39 is 0 Å². The molecule has 4 heteroatoms. The zero-order chi connectivity index (χ0) is 14.1. The summed E-state index contributed by atoms with van der Waals surface area (Å²) in [5.41, 5.74) is 10.3. The number of fused-ring (bicyclic) bond motifs is 1. The van der Waals surface area contributed by atoms with Gasteiger partial charge in [0.2, 0.25) is 0 Å². The van der Waals surface area contributed by atoms with Crippen molar-refractivity contribution < 1.29 is 0 Å². The summed E-state index contributed by atoms with van der Waals surface area (Å²) >= 11 is 0. The van der Waals surface area contributed by atoms with E-state index in [4.69, 9.17) is 5.73 Å². The smallest absolute Gasteiger partial charge is 0.125 e. The molecule has 0 aliphatic heterocycles. The van der Waals surface area contributed by atoms with Gasteiger partial charge in [-0.2, -0.15) is 5.10 Å². The number of para-hydroxylation sites is 1. The van der Waals surface area contributed by atoms with Crippen LogP contribution < -0.4 is 5.73 Å². The molecule has 1 aromatic carbocycles. The Labute approximate surface area is 118 Å². The number of anilines is 1. The molecule has 0 spiro atoms. The fourth-order valence-corrected chi connectivity index (χ4v) is 2.59. The molecule has 2 heterocycles. The number of hydrogen-bond acceptors (Lipinski definition) is 3. The van der Waals surface area contributed by atoms with Crippen LogP contribution in [0.25, 0.3) is 22.2 Å². The van der Waals surface area contributed by atoms with Crippen molar-refractivity contribution >= 4 is 16.7 Å². The maximum Gasteiger partial charge on any atom is 0.125 e.